The minimum atomic E-state index is -3.71. The molecule has 32 heavy (non-hydrogen) atoms. The fraction of sp³-hybridized carbons (Fsp3) is 0.381. The molecule has 0 saturated carbocycles. The zero-order valence-corrected chi connectivity index (χ0v) is 19.9. The number of rotatable bonds is 7. The lowest BCUT2D eigenvalue weighted by molar-refractivity contribution is 0.102. The normalized spacial score (nSPS) is 15.5. The lowest BCUT2D eigenvalue weighted by Gasteiger charge is -2.26. The van der Waals surface area contributed by atoms with Gasteiger partial charge in [0.05, 0.1) is 22.6 Å². The molecular formula is C21H27N3O6S2. The molecule has 3 rings (SSSR count). The third kappa shape index (κ3) is 4.96. The Kier molecular flexibility index (Phi) is 7.23. The topological polar surface area (TPSA) is 113 Å². The van der Waals surface area contributed by atoms with Crippen LogP contribution in [0.15, 0.2) is 52.3 Å². The van der Waals surface area contributed by atoms with Gasteiger partial charge in [0.2, 0.25) is 20.0 Å². The third-order valence-electron chi connectivity index (χ3n) is 5.25. The average Bonchev–Trinajstić information content (AvgIpc) is 2.79. The number of nitrogens with zero attached hydrogens (tertiary/aromatic N) is 2. The van der Waals surface area contributed by atoms with Crippen molar-refractivity contribution in [3.63, 3.8) is 0 Å². The zero-order valence-electron chi connectivity index (χ0n) is 18.2. The Balaban J connectivity index is 1.92. The van der Waals surface area contributed by atoms with Gasteiger partial charge in [-0.2, -0.15) is 4.31 Å². The van der Waals surface area contributed by atoms with Crippen molar-refractivity contribution >= 4 is 31.6 Å². The Labute approximate surface area is 189 Å². The van der Waals surface area contributed by atoms with Gasteiger partial charge < -0.3 is 10.1 Å². The van der Waals surface area contributed by atoms with Gasteiger partial charge in [0.15, 0.2) is 0 Å². The van der Waals surface area contributed by atoms with Crippen molar-refractivity contribution in [3.05, 3.63) is 48.0 Å². The van der Waals surface area contributed by atoms with Gasteiger partial charge in [-0.05, 0) is 49.2 Å². The molecule has 0 bridgehead atoms. The minimum Gasteiger partial charge on any atom is -0.495 e. The highest BCUT2D eigenvalue weighted by Gasteiger charge is 2.27. The SMILES string of the molecule is COc1ccc(S(=O)(=O)N2CCCCC2)cc1NC(=O)c1cccc(S(=O)(=O)N(C)C)c1. The largest absolute Gasteiger partial charge is 0.495 e. The molecule has 9 nitrogen and oxygen atoms in total. The predicted octanol–water partition coefficient (Wildman–Crippen LogP) is 2.37. The van der Waals surface area contributed by atoms with E-state index in [0.29, 0.717) is 13.1 Å². The summed E-state index contributed by atoms with van der Waals surface area (Å²) in [5.74, 6) is -0.306. The molecule has 1 aliphatic heterocycles. The van der Waals surface area contributed by atoms with Crippen molar-refractivity contribution in [2.45, 2.75) is 29.1 Å². The third-order valence-corrected chi connectivity index (χ3v) is 8.95. The quantitative estimate of drug-likeness (QED) is 0.650. The highest BCUT2D eigenvalue weighted by molar-refractivity contribution is 7.89. The highest BCUT2D eigenvalue weighted by Crippen LogP contribution is 2.30. The zero-order chi connectivity index (χ0) is 23.5. The van der Waals surface area contributed by atoms with Crippen molar-refractivity contribution in [1.82, 2.24) is 8.61 Å². The van der Waals surface area contributed by atoms with Crippen LogP contribution in [0.2, 0.25) is 0 Å². The van der Waals surface area contributed by atoms with Gasteiger partial charge in [0.1, 0.15) is 5.75 Å². The van der Waals surface area contributed by atoms with E-state index in [0.717, 1.165) is 23.6 Å². The fourth-order valence-electron chi connectivity index (χ4n) is 3.40. The van der Waals surface area contributed by atoms with E-state index < -0.39 is 26.0 Å². The first kappa shape index (κ1) is 24.2. The van der Waals surface area contributed by atoms with E-state index in [1.54, 1.807) is 0 Å². The van der Waals surface area contributed by atoms with Gasteiger partial charge in [-0.15, -0.1) is 0 Å². The molecule has 2 aromatic carbocycles. The van der Waals surface area contributed by atoms with Crippen molar-refractivity contribution in [2.75, 3.05) is 39.6 Å². The molecule has 1 saturated heterocycles. The number of sulfonamides is 2. The fourth-order valence-corrected chi connectivity index (χ4v) is 5.89. The number of ether oxygens (including phenoxy) is 1. The van der Waals surface area contributed by atoms with Crippen LogP contribution in [0.4, 0.5) is 5.69 Å². The van der Waals surface area contributed by atoms with Crippen LogP contribution in [0.25, 0.3) is 0 Å². The Hall–Kier alpha value is -2.47. The number of methoxy groups -OCH3 is 1. The second kappa shape index (κ2) is 9.57. The van der Waals surface area contributed by atoms with Crippen LogP contribution in [0, 0.1) is 0 Å². The smallest absolute Gasteiger partial charge is 0.255 e. The second-order valence-electron chi connectivity index (χ2n) is 7.60. The molecule has 174 valence electrons. The number of nitrogens with one attached hydrogen (secondary N) is 1. The van der Waals surface area contributed by atoms with Crippen LogP contribution in [-0.2, 0) is 20.0 Å². The van der Waals surface area contributed by atoms with Crippen LogP contribution in [-0.4, -0.2) is 65.6 Å². The summed E-state index contributed by atoms with van der Waals surface area (Å²) in [7, 11) is -3.20. The van der Waals surface area contributed by atoms with Crippen LogP contribution in [0.1, 0.15) is 29.6 Å². The second-order valence-corrected chi connectivity index (χ2v) is 11.7. The van der Waals surface area contributed by atoms with E-state index in [9.17, 15) is 21.6 Å². The summed E-state index contributed by atoms with van der Waals surface area (Å²) in [6.45, 7) is 0.923. The number of benzene rings is 2. The molecule has 0 aromatic heterocycles. The maximum absolute atomic E-state index is 13.0. The van der Waals surface area contributed by atoms with Gasteiger partial charge in [0.25, 0.3) is 5.91 Å². The Bertz CT molecular complexity index is 1200. The maximum atomic E-state index is 13.0. The molecule has 0 radical (unpaired) electrons. The number of carbonyl (C=O) groups is 1. The first-order valence-electron chi connectivity index (χ1n) is 10.1. The molecule has 0 atom stereocenters. The van der Waals surface area contributed by atoms with Gasteiger partial charge in [-0.1, -0.05) is 12.5 Å². The molecule has 0 spiro atoms. The number of anilines is 1. The molecule has 0 aliphatic carbocycles. The van der Waals surface area contributed by atoms with E-state index in [4.69, 9.17) is 4.74 Å². The van der Waals surface area contributed by atoms with E-state index >= 15 is 0 Å². The van der Waals surface area contributed by atoms with Gasteiger partial charge in [0, 0.05) is 32.7 Å². The summed E-state index contributed by atoms with van der Waals surface area (Å²) >= 11 is 0. The summed E-state index contributed by atoms with van der Waals surface area (Å²) in [6, 6.07) is 9.91. The Morgan fingerprint density at radius 2 is 1.66 bits per heavy atom. The monoisotopic (exact) mass is 481 g/mol. The molecule has 1 aliphatic rings. The first-order chi connectivity index (χ1) is 15.1. The molecule has 1 heterocycles. The predicted molar refractivity (Wildman–Crippen MR) is 121 cm³/mol. The summed E-state index contributed by atoms with van der Waals surface area (Å²) in [5.41, 5.74) is 0.288. The van der Waals surface area contributed by atoms with E-state index in [1.807, 2.05) is 0 Å². The molecular weight excluding hydrogens is 454 g/mol. The Morgan fingerprint density at radius 1 is 0.969 bits per heavy atom. The number of hydrogen-bond acceptors (Lipinski definition) is 6. The number of piperidine rings is 1. The highest BCUT2D eigenvalue weighted by atomic mass is 32.2. The van der Waals surface area contributed by atoms with E-state index in [1.165, 1.54) is 68.0 Å². The van der Waals surface area contributed by atoms with Crippen molar-refractivity contribution < 1.29 is 26.4 Å². The first-order valence-corrected chi connectivity index (χ1v) is 13.0. The molecule has 0 unspecified atom stereocenters. The van der Waals surface area contributed by atoms with Crippen molar-refractivity contribution in [2.24, 2.45) is 0 Å². The standard InChI is InChI=1S/C21H27N3O6S2/c1-23(2)31(26,27)17-9-7-8-16(14-17)21(25)22-19-15-18(10-11-20(19)30-3)32(28,29)24-12-5-4-6-13-24/h7-11,14-15H,4-6,12-13H2,1-3H3,(H,22,25). The van der Waals surface area contributed by atoms with E-state index in [2.05, 4.69) is 5.32 Å². The van der Waals surface area contributed by atoms with Gasteiger partial charge >= 0.3 is 0 Å². The van der Waals surface area contributed by atoms with Crippen LogP contribution in [0.3, 0.4) is 0 Å². The minimum absolute atomic E-state index is 0.0245. The van der Waals surface area contributed by atoms with Crippen molar-refractivity contribution in [3.8, 4) is 5.75 Å². The van der Waals surface area contributed by atoms with E-state index in [-0.39, 0.29) is 26.8 Å². The lowest BCUT2D eigenvalue weighted by Crippen LogP contribution is -2.35. The number of carbonyl (C=O) groups excluding carboxylic acids is 1. The van der Waals surface area contributed by atoms with Gasteiger partial charge in [-0.3, -0.25) is 4.79 Å². The summed E-state index contributed by atoms with van der Waals surface area (Å²) in [4.78, 5) is 12.9. The Morgan fingerprint density at radius 3 is 2.28 bits per heavy atom. The van der Waals surface area contributed by atoms with Crippen LogP contribution < -0.4 is 10.1 Å². The summed E-state index contributed by atoms with van der Waals surface area (Å²) in [6.07, 6.45) is 2.62. The summed E-state index contributed by atoms with van der Waals surface area (Å²) < 4.78 is 58.6. The molecule has 1 amide bonds. The number of hydrogen-bond donors (Lipinski definition) is 1. The molecule has 11 heteroatoms. The maximum Gasteiger partial charge on any atom is 0.255 e. The van der Waals surface area contributed by atoms with Crippen molar-refractivity contribution in [1.29, 1.82) is 0 Å². The van der Waals surface area contributed by atoms with Crippen LogP contribution >= 0.6 is 0 Å². The number of amides is 1. The summed E-state index contributed by atoms with van der Waals surface area (Å²) in [5, 5.41) is 2.65. The molecule has 2 aromatic rings. The lowest BCUT2D eigenvalue weighted by atomic mass is 10.2. The average molecular weight is 482 g/mol. The van der Waals surface area contributed by atoms with Gasteiger partial charge in [-0.25, -0.2) is 21.1 Å². The van der Waals surface area contributed by atoms with Crippen LogP contribution in [0.5, 0.6) is 5.75 Å². The molecule has 1 N–H and O–H groups in total. The molecule has 1 fully saturated rings.